The molecule has 1 unspecified atom stereocenters. The lowest BCUT2D eigenvalue weighted by atomic mass is 10.0. The number of benzene rings is 1. The van der Waals surface area contributed by atoms with Gasteiger partial charge in [0, 0.05) is 31.7 Å². The molecule has 0 bridgehead atoms. The van der Waals surface area contributed by atoms with E-state index in [9.17, 15) is 9.50 Å². The van der Waals surface area contributed by atoms with Crippen LogP contribution in [0.1, 0.15) is 22.9 Å². The molecular formula is C17H17FN4O. The maximum Gasteiger partial charge on any atom is 0.130 e. The highest BCUT2D eigenvalue weighted by molar-refractivity contribution is 5.42. The maximum absolute atomic E-state index is 14.1. The molecule has 1 aromatic carbocycles. The van der Waals surface area contributed by atoms with E-state index in [4.69, 9.17) is 5.26 Å². The van der Waals surface area contributed by atoms with Crippen molar-refractivity contribution in [3.05, 3.63) is 59.0 Å². The molecule has 5 nitrogen and oxygen atoms in total. The van der Waals surface area contributed by atoms with Gasteiger partial charge < -0.3 is 15.3 Å². The van der Waals surface area contributed by atoms with Gasteiger partial charge in [-0.05, 0) is 24.3 Å². The first-order valence-electron chi connectivity index (χ1n) is 7.49. The molecule has 1 aliphatic rings. The minimum absolute atomic E-state index is 0.119. The van der Waals surface area contributed by atoms with E-state index < -0.39 is 11.9 Å². The highest BCUT2D eigenvalue weighted by atomic mass is 19.1. The Bertz CT molecular complexity index is 738. The summed E-state index contributed by atoms with van der Waals surface area (Å²) in [5.74, 6) is 0.169. The number of anilines is 1. The molecule has 118 valence electrons. The van der Waals surface area contributed by atoms with Crippen molar-refractivity contribution in [1.82, 2.24) is 10.3 Å². The first-order chi connectivity index (χ1) is 11.2. The summed E-state index contributed by atoms with van der Waals surface area (Å²) in [5.41, 5.74) is 0.736. The summed E-state index contributed by atoms with van der Waals surface area (Å²) in [6.07, 6.45) is -1.16. The molecule has 2 aromatic rings. The van der Waals surface area contributed by atoms with E-state index in [1.165, 1.54) is 12.1 Å². The monoisotopic (exact) mass is 312 g/mol. The molecule has 23 heavy (non-hydrogen) atoms. The fraction of sp³-hybridized carbons (Fsp3) is 0.294. The number of nitrogens with zero attached hydrogens (tertiary/aromatic N) is 3. The van der Waals surface area contributed by atoms with Crippen LogP contribution in [0, 0.1) is 17.1 Å². The fourth-order valence-corrected chi connectivity index (χ4v) is 2.64. The van der Waals surface area contributed by atoms with E-state index in [-0.39, 0.29) is 11.1 Å². The average molecular weight is 312 g/mol. The number of aliphatic hydroxyl groups excluding tert-OH is 1. The van der Waals surface area contributed by atoms with Crippen molar-refractivity contribution < 1.29 is 9.50 Å². The lowest BCUT2D eigenvalue weighted by Crippen LogP contribution is -2.43. The van der Waals surface area contributed by atoms with Crippen LogP contribution >= 0.6 is 0 Å². The number of nitrogens with one attached hydrogen (secondary N) is 1. The van der Waals surface area contributed by atoms with Crippen molar-refractivity contribution in [2.45, 2.75) is 6.10 Å². The average Bonchev–Trinajstić information content (AvgIpc) is 2.62. The summed E-state index contributed by atoms with van der Waals surface area (Å²) in [6.45, 7) is 3.47. The minimum Gasteiger partial charge on any atom is -0.382 e. The van der Waals surface area contributed by atoms with E-state index in [0.717, 1.165) is 38.1 Å². The lowest BCUT2D eigenvalue weighted by molar-refractivity contribution is 0.210. The highest BCUT2D eigenvalue weighted by Gasteiger charge is 2.19. The van der Waals surface area contributed by atoms with Crippen LogP contribution in [-0.4, -0.2) is 36.3 Å². The molecule has 3 rings (SSSR count). The number of piperazine rings is 1. The first kappa shape index (κ1) is 15.4. The third-order valence-electron chi connectivity index (χ3n) is 3.90. The quantitative estimate of drug-likeness (QED) is 0.900. The molecule has 2 N–H and O–H groups in total. The fourth-order valence-electron chi connectivity index (χ4n) is 2.64. The number of rotatable bonds is 3. The zero-order valence-corrected chi connectivity index (χ0v) is 12.5. The van der Waals surface area contributed by atoms with Crippen LogP contribution in [0.2, 0.25) is 0 Å². The Balaban J connectivity index is 1.87. The first-order valence-corrected chi connectivity index (χ1v) is 7.49. The Labute approximate surface area is 134 Å². The van der Waals surface area contributed by atoms with Gasteiger partial charge in [0.05, 0.1) is 17.3 Å². The zero-order valence-electron chi connectivity index (χ0n) is 12.5. The Kier molecular flexibility index (Phi) is 4.51. The van der Waals surface area contributed by atoms with Gasteiger partial charge >= 0.3 is 0 Å². The van der Waals surface area contributed by atoms with E-state index in [0.29, 0.717) is 5.69 Å². The molecule has 0 aliphatic carbocycles. The summed E-state index contributed by atoms with van der Waals surface area (Å²) >= 11 is 0. The summed E-state index contributed by atoms with van der Waals surface area (Å²) in [4.78, 5) is 6.60. The molecule has 0 saturated carbocycles. The van der Waals surface area contributed by atoms with Gasteiger partial charge in [0.1, 0.15) is 17.7 Å². The molecule has 2 heterocycles. The van der Waals surface area contributed by atoms with Gasteiger partial charge in [-0.25, -0.2) is 9.37 Å². The summed E-state index contributed by atoms with van der Waals surface area (Å²) in [6, 6.07) is 11.3. The molecule has 0 spiro atoms. The van der Waals surface area contributed by atoms with Gasteiger partial charge in [0.25, 0.3) is 0 Å². The van der Waals surface area contributed by atoms with Gasteiger partial charge in [-0.1, -0.05) is 12.1 Å². The van der Waals surface area contributed by atoms with Crippen LogP contribution in [-0.2, 0) is 0 Å². The maximum atomic E-state index is 14.1. The molecule has 0 radical (unpaired) electrons. The van der Waals surface area contributed by atoms with E-state index >= 15 is 0 Å². The van der Waals surface area contributed by atoms with Gasteiger partial charge in [-0.3, -0.25) is 0 Å². The van der Waals surface area contributed by atoms with Gasteiger partial charge in [0.15, 0.2) is 0 Å². The summed E-state index contributed by atoms with van der Waals surface area (Å²) < 4.78 is 14.1. The molecule has 1 aromatic heterocycles. The highest BCUT2D eigenvalue weighted by Crippen LogP contribution is 2.25. The van der Waals surface area contributed by atoms with Crippen molar-refractivity contribution in [2.24, 2.45) is 0 Å². The van der Waals surface area contributed by atoms with Crippen LogP contribution in [0.15, 0.2) is 36.4 Å². The van der Waals surface area contributed by atoms with Crippen LogP contribution in [0.3, 0.4) is 0 Å². The van der Waals surface area contributed by atoms with Gasteiger partial charge in [-0.2, -0.15) is 5.26 Å². The number of aliphatic hydroxyl groups is 1. The Morgan fingerprint density at radius 3 is 2.74 bits per heavy atom. The third kappa shape index (κ3) is 3.31. The van der Waals surface area contributed by atoms with Crippen LogP contribution in [0.4, 0.5) is 10.2 Å². The Morgan fingerprint density at radius 1 is 1.26 bits per heavy atom. The number of aromatic nitrogens is 1. The van der Waals surface area contributed by atoms with Crippen molar-refractivity contribution in [3.8, 4) is 6.07 Å². The second kappa shape index (κ2) is 6.73. The molecule has 6 heteroatoms. The van der Waals surface area contributed by atoms with Crippen molar-refractivity contribution >= 4 is 5.82 Å². The van der Waals surface area contributed by atoms with Crippen LogP contribution < -0.4 is 10.2 Å². The second-order valence-electron chi connectivity index (χ2n) is 5.41. The molecule has 1 atom stereocenters. The standard InChI is InChI=1S/C17H17FN4O/c18-14-10-12(11-19)4-5-13(14)17(23)15-2-1-3-16(21-15)22-8-6-20-7-9-22/h1-5,10,17,20,23H,6-9H2. The van der Waals surface area contributed by atoms with Crippen molar-refractivity contribution in [3.63, 3.8) is 0 Å². The largest absolute Gasteiger partial charge is 0.382 e. The zero-order chi connectivity index (χ0) is 16.2. The number of hydrogen-bond acceptors (Lipinski definition) is 5. The van der Waals surface area contributed by atoms with E-state index in [1.807, 2.05) is 18.2 Å². The van der Waals surface area contributed by atoms with Crippen LogP contribution in [0.5, 0.6) is 0 Å². The third-order valence-corrected chi connectivity index (χ3v) is 3.90. The van der Waals surface area contributed by atoms with Crippen molar-refractivity contribution in [2.75, 3.05) is 31.1 Å². The number of halogens is 1. The predicted octanol–water partition coefficient (Wildman–Crippen LogP) is 1.58. The number of hydrogen-bond donors (Lipinski definition) is 2. The van der Waals surface area contributed by atoms with Crippen molar-refractivity contribution in [1.29, 1.82) is 5.26 Å². The summed E-state index contributed by atoms with van der Waals surface area (Å²) in [5, 5.41) is 22.5. The lowest BCUT2D eigenvalue weighted by Gasteiger charge is -2.28. The minimum atomic E-state index is -1.16. The molecule has 1 fully saturated rings. The van der Waals surface area contributed by atoms with Gasteiger partial charge in [-0.15, -0.1) is 0 Å². The SMILES string of the molecule is N#Cc1ccc(C(O)c2cccc(N3CCNCC3)n2)c(F)c1. The molecule has 1 saturated heterocycles. The normalized spacial score (nSPS) is 16.0. The molecular weight excluding hydrogens is 295 g/mol. The van der Waals surface area contributed by atoms with Gasteiger partial charge in [0.2, 0.25) is 0 Å². The molecule has 0 amide bonds. The second-order valence-corrected chi connectivity index (χ2v) is 5.41. The predicted molar refractivity (Wildman–Crippen MR) is 84.5 cm³/mol. The smallest absolute Gasteiger partial charge is 0.130 e. The number of pyridine rings is 1. The molecule has 1 aliphatic heterocycles. The Hall–Kier alpha value is -2.49. The Morgan fingerprint density at radius 2 is 2.04 bits per heavy atom. The number of nitriles is 1. The van der Waals surface area contributed by atoms with Crippen LogP contribution in [0.25, 0.3) is 0 Å². The van der Waals surface area contributed by atoms with E-state index in [1.54, 1.807) is 6.07 Å². The topological polar surface area (TPSA) is 72.2 Å². The van der Waals surface area contributed by atoms with E-state index in [2.05, 4.69) is 15.2 Å². The summed E-state index contributed by atoms with van der Waals surface area (Å²) in [7, 11) is 0.